The summed E-state index contributed by atoms with van der Waals surface area (Å²) in [6.07, 6.45) is 2.43. The Bertz CT molecular complexity index is 332. The van der Waals surface area contributed by atoms with Gasteiger partial charge < -0.3 is 9.88 Å². The van der Waals surface area contributed by atoms with Crippen molar-refractivity contribution in [1.82, 2.24) is 14.9 Å². The number of aromatic nitrogens is 2. The van der Waals surface area contributed by atoms with Crippen LogP contribution in [0.15, 0.2) is 4.60 Å². The van der Waals surface area contributed by atoms with Crippen molar-refractivity contribution in [3.63, 3.8) is 0 Å². The molecule has 0 saturated carbocycles. The van der Waals surface area contributed by atoms with Gasteiger partial charge in [-0.2, -0.15) is 0 Å². The monoisotopic (exact) mass is 257 g/mol. The first-order valence-electron chi connectivity index (χ1n) is 5.10. The van der Waals surface area contributed by atoms with E-state index in [0.29, 0.717) is 0 Å². The molecule has 0 amide bonds. The SMILES string of the molecule is CNCc1nc(Br)c2n1CC(C)CC2. The van der Waals surface area contributed by atoms with E-state index in [9.17, 15) is 0 Å². The quantitative estimate of drug-likeness (QED) is 0.878. The van der Waals surface area contributed by atoms with Crippen molar-refractivity contribution in [2.24, 2.45) is 5.92 Å². The van der Waals surface area contributed by atoms with Crippen LogP contribution >= 0.6 is 15.9 Å². The molecule has 3 nitrogen and oxygen atoms in total. The van der Waals surface area contributed by atoms with Crippen LogP contribution in [0.5, 0.6) is 0 Å². The molecule has 4 heteroatoms. The van der Waals surface area contributed by atoms with Crippen LogP contribution in [0, 0.1) is 5.92 Å². The Kier molecular flexibility index (Phi) is 2.93. The number of rotatable bonds is 2. The Morgan fingerprint density at radius 3 is 3.14 bits per heavy atom. The van der Waals surface area contributed by atoms with Gasteiger partial charge in [0.2, 0.25) is 0 Å². The zero-order chi connectivity index (χ0) is 10.1. The predicted octanol–water partition coefficient (Wildman–Crippen LogP) is 1.95. The van der Waals surface area contributed by atoms with Gasteiger partial charge in [-0.15, -0.1) is 0 Å². The maximum Gasteiger partial charge on any atom is 0.127 e. The zero-order valence-electron chi connectivity index (χ0n) is 8.68. The number of fused-ring (bicyclic) bond motifs is 1. The summed E-state index contributed by atoms with van der Waals surface area (Å²) in [5, 5.41) is 3.16. The molecular formula is C10H16BrN3. The number of imidazole rings is 1. The van der Waals surface area contributed by atoms with E-state index >= 15 is 0 Å². The number of hydrogen-bond acceptors (Lipinski definition) is 2. The molecule has 1 aliphatic heterocycles. The van der Waals surface area contributed by atoms with Gasteiger partial charge in [-0.05, 0) is 41.7 Å². The normalized spacial score (nSPS) is 20.9. The minimum atomic E-state index is 0.777. The molecule has 1 N–H and O–H groups in total. The summed E-state index contributed by atoms with van der Waals surface area (Å²) in [5.74, 6) is 1.93. The Morgan fingerprint density at radius 1 is 1.64 bits per heavy atom. The highest BCUT2D eigenvalue weighted by Crippen LogP contribution is 2.27. The van der Waals surface area contributed by atoms with Crippen LogP contribution in [0.3, 0.4) is 0 Å². The molecule has 0 bridgehead atoms. The lowest BCUT2D eigenvalue weighted by molar-refractivity contribution is 0.388. The lowest BCUT2D eigenvalue weighted by Gasteiger charge is -2.22. The average molecular weight is 258 g/mol. The molecule has 1 aromatic heterocycles. The highest BCUT2D eigenvalue weighted by atomic mass is 79.9. The molecule has 1 aromatic rings. The molecule has 0 fully saturated rings. The van der Waals surface area contributed by atoms with E-state index in [4.69, 9.17) is 0 Å². The Hall–Kier alpha value is -0.350. The van der Waals surface area contributed by atoms with Gasteiger partial charge in [0.15, 0.2) is 0 Å². The van der Waals surface area contributed by atoms with Crippen LogP contribution in [0.25, 0.3) is 0 Å². The summed E-state index contributed by atoms with van der Waals surface area (Å²) < 4.78 is 3.39. The fourth-order valence-electron chi connectivity index (χ4n) is 2.04. The highest BCUT2D eigenvalue weighted by molar-refractivity contribution is 9.10. The van der Waals surface area contributed by atoms with Gasteiger partial charge in [0.25, 0.3) is 0 Å². The van der Waals surface area contributed by atoms with Crippen LogP contribution in [-0.2, 0) is 19.5 Å². The summed E-state index contributed by atoms with van der Waals surface area (Å²) in [6.45, 7) is 4.27. The first-order valence-corrected chi connectivity index (χ1v) is 5.90. The third kappa shape index (κ3) is 1.73. The molecule has 78 valence electrons. The summed E-state index contributed by atoms with van der Waals surface area (Å²) in [4.78, 5) is 4.53. The number of hydrogen-bond donors (Lipinski definition) is 1. The lowest BCUT2D eigenvalue weighted by Crippen LogP contribution is -2.21. The van der Waals surface area contributed by atoms with Gasteiger partial charge in [-0.25, -0.2) is 4.98 Å². The molecule has 2 rings (SSSR count). The first kappa shape index (κ1) is 10.2. The van der Waals surface area contributed by atoms with Gasteiger partial charge in [0.05, 0.1) is 12.2 Å². The van der Waals surface area contributed by atoms with Crippen molar-refractivity contribution in [2.45, 2.75) is 32.9 Å². The van der Waals surface area contributed by atoms with Gasteiger partial charge in [-0.1, -0.05) is 6.92 Å². The molecule has 1 aliphatic rings. The fraction of sp³-hybridized carbons (Fsp3) is 0.700. The third-order valence-electron chi connectivity index (χ3n) is 2.81. The molecule has 1 unspecified atom stereocenters. The van der Waals surface area contributed by atoms with Gasteiger partial charge in [0, 0.05) is 6.54 Å². The minimum absolute atomic E-state index is 0.777. The van der Waals surface area contributed by atoms with Crippen molar-refractivity contribution in [3.05, 3.63) is 16.1 Å². The fourth-order valence-corrected chi connectivity index (χ4v) is 2.66. The van der Waals surface area contributed by atoms with Gasteiger partial charge in [0.1, 0.15) is 10.4 Å². The molecule has 0 radical (unpaired) electrons. The average Bonchev–Trinajstić information content (AvgIpc) is 2.44. The lowest BCUT2D eigenvalue weighted by atomic mass is 10.0. The zero-order valence-corrected chi connectivity index (χ0v) is 10.3. The van der Waals surface area contributed by atoms with Crippen molar-refractivity contribution in [1.29, 1.82) is 0 Å². The second-order valence-electron chi connectivity index (χ2n) is 4.05. The van der Waals surface area contributed by atoms with Crippen molar-refractivity contribution in [2.75, 3.05) is 7.05 Å². The molecule has 1 atom stereocenters. The molecule has 0 aliphatic carbocycles. The number of nitrogens with zero attached hydrogens (tertiary/aromatic N) is 2. The van der Waals surface area contributed by atoms with Crippen LogP contribution in [0.4, 0.5) is 0 Å². The van der Waals surface area contributed by atoms with E-state index in [1.165, 1.54) is 12.1 Å². The van der Waals surface area contributed by atoms with Crippen LogP contribution in [0.1, 0.15) is 24.9 Å². The molecule has 14 heavy (non-hydrogen) atoms. The number of nitrogens with one attached hydrogen (secondary N) is 1. The molecule has 2 heterocycles. The summed E-state index contributed by atoms with van der Waals surface area (Å²) in [5.41, 5.74) is 1.37. The summed E-state index contributed by atoms with van der Waals surface area (Å²) in [7, 11) is 1.96. The largest absolute Gasteiger partial charge is 0.330 e. The second-order valence-corrected chi connectivity index (χ2v) is 4.80. The van der Waals surface area contributed by atoms with Crippen LogP contribution in [-0.4, -0.2) is 16.6 Å². The Morgan fingerprint density at radius 2 is 2.43 bits per heavy atom. The topological polar surface area (TPSA) is 29.9 Å². The van der Waals surface area contributed by atoms with Crippen molar-refractivity contribution in [3.8, 4) is 0 Å². The van der Waals surface area contributed by atoms with Gasteiger partial charge >= 0.3 is 0 Å². The van der Waals surface area contributed by atoms with E-state index in [-0.39, 0.29) is 0 Å². The molecule has 0 aromatic carbocycles. The maximum atomic E-state index is 4.53. The first-order chi connectivity index (χ1) is 6.72. The maximum absolute atomic E-state index is 4.53. The predicted molar refractivity (Wildman–Crippen MR) is 60.2 cm³/mol. The summed E-state index contributed by atoms with van der Waals surface area (Å²) >= 11 is 3.53. The van der Waals surface area contributed by atoms with Gasteiger partial charge in [-0.3, -0.25) is 0 Å². The Balaban J connectivity index is 2.34. The van der Waals surface area contributed by atoms with E-state index < -0.39 is 0 Å². The highest BCUT2D eigenvalue weighted by Gasteiger charge is 2.21. The van der Waals surface area contributed by atoms with E-state index in [2.05, 4.69) is 37.7 Å². The Labute approximate surface area is 93.0 Å². The second kappa shape index (κ2) is 4.03. The van der Waals surface area contributed by atoms with Crippen LogP contribution in [0.2, 0.25) is 0 Å². The van der Waals surface area contributed by atoms with Crippen molar-refractivity contribution < 1.29 is 0 Å². The molecular weight excluding hydrogens is 242 g/mol. The summed E-state index contributed by atoms with van der Waals surface area (Å²) in [6, 6.07) is 0. The molecule has 0 spiro atoms. The minimum Gasteiger partial charge on any atom is -0.330 e. The number of halogens is 1. The molecule has 0 saturated heterocycles. The van der Waals surface area contributed by atoms with E-state index in [0.717, 1.165) is 35.9 Å². The standard InChI is InChI=1S/C10H16BrN3/c1-7-3-4-8-10(11)13-9(5-12-2)14(8)6-7/h7,12H,3-6H2,1-2H3. The smallest absolute Gasteiger partial charge is 0.127 e. The van der Waals surface area contributed by atoms with Crippen LogP contribution < -0.4 is 5.32 Å². The van der Waals surface area contributed by atoms with E-state index in [1.807, 2.05) is 7.05 Å². The third-order valence-corrected chi connectivity index (χ3v) is 3.44. The van der Waals surface area contributed by atoms with E-state index in [1.54, 1.807) is 0 Å². The van der Waals surface area contributed by atoms with Crippen molar-refractivity contribution >= 4 is 15.9 Å².